The van der Waals surface area contributed by atoms with Crippen molar-refractivity contribution in [3.8, 4) is 11.1 Å². The van der Waals surface area contributed by atoms with E-state index in [0.717, 1.165) is 0 Å². The van der Waals surface area contributed by atoms with Crippen LogP contribution >= 0.6 is 0 Å². The smallest absolute Gasteiger partial charge is 0.269 e. The Morgan fingerprint density at radius 2 is 1.97 bits per heavy atom. The second-order valence-electron chi connectivity index (χ2n) is 7.27. The maximum absolute atomic E-state index is 13.3. The quantitative estimate of drug-likeness (QED) is 0.479. The van der Waals surface area contributed by atoms with Gasteiger partial charge in [-0.1, -0.05) is 12.1 Å². The van der Waals surface area contributed by atoms with Crippen molar-refractivity contribution in [2.45, 2.75) is 26.3 Å². The summed E-state index contributed by atoms with van der Waals surface area (Å²) in [6.07, 6.45) is -0.167. The molecule has 1 aromatic heterocycles. The van der Waals surface area contributed by atoms with Gasteiger partial charge in [-0.15, -0.1) is 0 Å². The number of nitrogens with zero attached hydrogens (tertiary/aromatic N) is 3. The van der Waals surface area contributed by atoms with Gasteiger partial charge < -0.3 is 10.6 Å². The summed E-state index contributed by atoms with van der Waals surface area (Å²) in [5, 5.41) is 20.7. The van der Waals surface area contributed by atoms with Gasteiger partial charge in [0.05, 0.1) is 17.0 Å². The van der Waals surface area contributed by atoms with Crippen LogP contribution in [0.15, 0.2) is 42.5 Å². The number of nitrogens with one attached hydrogen (secondary N) is 2. The summed E-state index contributed by atoms with van der Waals surface area (Å²) in [7, 11) is 0. The first-order valence-electron chi connectivity index (χ1n) is 9.45. The third-order valence-corrected chi connectivity index (χ3v) is 5.13. The normalized spacial score (nSPS) is 14.8. The number of amides is 2. The van der Waals surface area contributed by atoms with Crippen molar-refractivity contribution in [2.24, 2.45) is 0 Å². The molecule has 0 radical (unpaired) electrons. The van der Waals surface area contributed by atoms with E-state index in [0.29, 0.717) is 33.9 Å². The molecule has 2 amide bonds. The number of aryl methyl sites for hydroxylation is 2. The lowest BCUT2D eigenvalue weighted by atomic mass is 10.1. The number of carbonyl (C=O) groups excluding carboxylic acids is 2. The van der Waals surface area contributed by atoms with Crippen LogP contribution in [0.25, 0.3) is 11.1 Å². The van der Waals surface area contributed by atoms with E-state index in [1.54, 1.807) is 26.0 Å². The highest BCUT2D eigenvalue weighted by Crippen LogP contribution is 2.38. The van der Waals surface area contributed by atoms with Crippen LogP contribution in [0, 0.1) is 29.8 Å². The predicted molar refractivity (Wildman–Crippen MR) is 111 cm³/mol. The van der Waals surface area contributed by atoms with Crippen molar-refractivity contribution in [3.63, 3.8) is 0 Å². The Morgan fingerprint density at radius 1 is 1.26 bits per heavy atom. The van der Waals surface area contributed by atoms with Crippen molar-refractivity contribution < 1.29 is 18.9 Å². The zero-order valence-corrected chi connectivity index (χ0v) is 16.7. The van der Waals surface area contributed by atoms with Crippen LogP contribution in [0.4, 0.5) is 21.6 Å². The van der Waals surface area contributed by atoms with E-state index in [1.165, 1.54) is 35.0 Å². The summed E-state index contributed by atoms with van der Waals surface area (Å²) in [4.78, 5) is 35.5. The molecule has 0 saturated carbocycles. The lowest BCUT2D eigenvalue weighted by Crippen LogP contribution is -2.24. The van der Waals surface area contributed by atoms with E-state index in [-0.39, 0.29) is 23.8 Å². The SMILES string of the molecule is Cc1cc([N+](=O)[O-])ccc1NC(=O)CC1C(=O)Nc2c(-c3ccc(F)cc3)c(C)nn21. The fourth-order valence-corrected chi connectivity index (χ4v) is 3.62. The van der Waals surface area contributed by atoms with Crippen molar-refractivity contribution >= 4 is 29.0 Å². The second kappa shape index (κ2) is 7.63. The number of carbonyl (C=O) groups is 2. The van der Waals surface area contributed by atoms with E-state index in [1.807, 2.05) is 0 Å². The van der Waals surface area contributed by atoms with Gasteiger partial charge in [-0.2, -0.15) is 5.10 Å². The Kier molecular flexibility index (Phi) is 4.97. The number of hydrogen-bond donors (Lipinski definition) is 2. The average molecular weight is 423 g/mol. The third-order valence-electron chi connectivity index (χ3n) is 5.13. The minimum Gasteiger partial charge on any atom is -0.326 e. The molecule has 2 aromatic carbocycles. The Hall–Kier alpha value is -4.08. The zero-order chi connectivity index (χ0) is 22.3. The zero-order valence-electron chi connectivity index (χ0n) is 16.7. The van der Waals surface area contributed by atoms with Gasteiger partial charge in [-0.05, 0) is 43.2 Å². The third kappa shape index (κ3) is 3.75. The van der Waals surface area contributed by atoms with Gasteiger partial charge in [0.1, 0.15) is 17.7 Å². The largest absolute Gasteiger partial charge is 0.326 e. The van der Waals surface area contributed by atoms with E-state index >= 15 is 0 Å². The number of nitro benzene ring substituents is 1. The van der Waals surface area contributed by atoms with Gasteiger partial charge in [-0.3, -0.25) is 19.7 Å². The molecule has 0 aliphatic carbocycles. The van der Waals surface area contributed by atoms with E-state index in [2.05, 4.69) is 15.7 Å². The van der Waals surface area contributed by atoms with Crippen LogP contribution in [0.3, 0.4) is 0 Å². The molecule has 1 aliphatic rings. The molecule has 0 saturated heterocycles. The Balaban J connectivity index is 1.55. The topological polar surface area (TPSA) is 119 Å². The van der Waals surface area contributed by atoms with Crippen molar-refractivity contribution in [2.75, 3.05) is 10.6 Å². The van der Waals surface area contributed by atoms with Crippen molar-refractivity contribution in [1.82, 2.24) is 9.78 Å². The van der Waals surface area contributed by atoms with Crippen LogP contribution in [0.5, 0.6) is 0 Å². The molecule has 2 N–H and O–H groups in total. The molecule has 1 aliphatic heterocycles. The lowest BCUT2D eigenvalue weighted by Gasteiger charge is -2.11. The van der Waals surface area contributed by atoms with Gasteiger partial charge in [0, 0.05) is 23.4 Å². The van der Waals surface area contributed by atoms with Crippen molar-refractivity contribution in [1.29, 1.82) is 0 Å². The van der Waals surface area contributed by atoms with E-state index in [9.17, 15) is 24.1 Å². The number of hydrogen-bond acceptors (Lipinski definition) is 5. The lowest BCUT2D eigenvalue weighted by molar-refractivity contribution is -0.384. The Labute approximate surface area is 176 Å². The molecule has 3 aromatic rings. The van der Waals surface area contributed by atoms with Crippen LogP contribution in [-0.2, 0) is 9.59 Å². The summed E-state index contributed by atoms with van der Waals surface area (Å²) in [6.45, 7) is 3.42. The number of aromatic nitrogens is 2. The molecule has 2 heterocycles. The first kappa shape index (κ1) is 20.2. The number of fused-ring (bicyclic) bond motifs is 1. The minimum atomic E-state index is -0.846. The molecule has 1 atom stereocenters. The first-order chi connectivity index (χ1) is 14.7. The molecule has 10 heteroatoms. The van der Waals surface area contributed by atoms with Gasteiger partial charge in [0.25, 0.3) is 11.6 Å². The van der Waals surface area contributed by atoms with Crippen LogP contribution in [0.2, 0.25) is 0 Å². The average Bonchev–Trinajstić information content (AvgIpc) is 3.18. The molecule has 4 rings (SSSR count). The fraction of sp³-hybridized carbons (Fsp3) is 0.190. The number of anilines is 2. The maximum Gasteiger partial charge on any atom is 0.269 e. The standard InChI is InChI=1S/C21H18FN5O4/c1-11-9-15(27(30)31)7-8-16(11)23-18(28)10-17-21(29)24-20-19(12(2)25-26(17)20)13-3-5-14(22)6-4-13/h3-9,17H,10H2,1-2H3,(H,23,28)(H,24,29). The number of non-ortho nitro benzene ring substituents is 1. The molecule has 0 bridgehead atoms. The van der Waals surface area contributed by atoms with E-state index < -0.39 is 16.9 Å². The van der Waals surface area contributed by atoms with E-state index in [4.69, 9.17) is 0 Å². The van der Waals surface area contributed by atoms with Gasteiger partial charge in [-0.25, -0.2) is 9.07 Å². The minimum absolute atomic E-state index is 0.0735. The molecule has 31 heavy (non-hydrogen) atoms. The molecular formula is C21H18FN5O4. The second-order valence-corrected chi connectivity index (χ2v) is 7.27. The number of halogens is 1. The summed E-state index contributed by atoms with van der Waals surface area (Å²) in [5.41, 5.74) is 2.90. The summed E-state index contributed by atoms with van der Waals surface area (Å²) in [6, 6.07) is 9.13. The van der Waals surface area contributed by atoms with Crippen molar-refractivity contribution in [3.05, 3.63) is 69.7 Å². The Morgan fingerprint density at radius 3 is 2.61 bits per heavy atom. The van der Waals surface area contributed by atoms with Crippen LogP contribution < -0.4 is 10.6 Å². The molecule has 0 spiro atoms. The highest BCUT2D eigenvalue weighted by atomic mass is 19.1. The summed E-state index contributed by atoms with van der Waals surface area (Å²) < 4.78 is 14.7. The number of rotatable bonds is 5. The summed E-state index contributed by atoms with van der Waals surface area (Å²) in [5.74, 6) is -0.716. The number of nitro groups is 1. The summed E-state index contributed by atoms with van der Waals surface area (Å²) >= 11 is 0. The fourth-order valence-electron chi connectivity index (χ4n) is 3.62. The molecular weight excluding hydrogens is 405 g/mol. The van der Waals surface area contributed by atoms with Gasteiger partial charge in [0.2, 0.25) is 5.91 Å². The van der Waals surface area contributed by atoms with Gasteiger partial charge in [0.15, 0.2) is 0 Å². The predicted octanol–water partition coefficient (Wildman–Crippen LogP) is 3.74. The first-order valence-corrected chi connectivity index (χ1v) is 9.45. The highest BCUT2D eigenvalue weighted by molar-refractivity contribution is 6.04. The molecule has 9 nitrogen and oxygen atoms in total. The highest BCUT2D eigenvalue weighted by Gasteiger charge is 2.36. The molecule has 1 unspecified atom stereocenters. The molecule has 0 fully saturated rings. The van der Waals surface area contributed by atoms with Crippen LogP contribution in [-0.4, -0.2) is 26.5 Å². The van der Waals surface area contributed by atoms with Crippen LogP contribution in [0.1, 0.15) is 23.7 Å². The van der Waals surface area contributed by atoms with Gasteiger partial charge >= 0.3 is 0 Å². The maximum atomic E-state index is 13.3. The number of benzene rings is 2. The monoisotopic (exact) mass is 423 g/mol. The molecule has 158 valence electrons. The Bertz CT molecular complexity index is 1220.